The van der Waals surface area contributed by atoms with E-state index in [0.717, 1.165) is 49.3 Å². The maximum atomic E-state index is 14.8. The summed E-state index contributed by atoms with van der Waals surface area (Å²) in [7, 11) is 1.95. The number of carbonyl (C=O) groups is 1. The zero-order valence-corrected chi connectivity index (χ0v) is 22.9. The maximum absolute atomic E-state index is 14.8. The number of nitrogens with zero attached hydrogens (tertiary/aromatic N) is 5. The fourth-order valence-corrected chi connectivity index (χ4v) is 7.02. The Bertz CT molecular complexity index is 1400. The fourth-order valence-electron chi connectivity index (χ4n) is 7.02. The Morgan fingerprint density at radius 3 is 2.72 bits per heavy atom. The van der Waals surface area contributed by atoms with Crippen molar-refractivity contribution in [1.29, 1.82) is 0 Å². The van der Waals surface area contributed by atoms with Crippen LogP contribution in [0.3, 0.4) is 0 Å². The average molecular weight is 535 g/mol. The second kappa shape index (κ2) is 9.77. The maximum Gasteiger partial charge on any atom is 0.290 e. The van der Waals surface area contributed by atoms with Crippen LogP contribution < -0.4 is 5.32 Å². The molecule has 206 valence electrons. The number of aryl methyl sites for hydroxylation is 1. The minimum absolute atomic E-state index is 0.0427. The molecule has 2 fully saturated rings. The number of aromatic nitrogens is 4. The summed E-state index contributed by atoms with van der Waals surface area (Å²) in [6, 6.07) is 9.50. The van der Waals surface area contributed by atoms with E-state index in [2.05, 4.69) is 45.3 Å². The summed E-state index contributed by atoms with van der Waals surface area (Å²) in [6.45, 7) is 6.89. The Morgan fingerprint density at radius 2 is 2.00 bits per heavy atom. The summed E-state index contributed by atoms with van der Waals surface area (Å²) in [5.74, 6) is -1.45. The van der Waals surface area contributed by atoms with Crippen LogP contribution in [0.15, 0.2) is 36.7 Å². The lowest BCUT2D eigenvalue weighted by Crippen LogP contribution is -2.43. The lowest BCUT2D eigenvalue weighted by atomic mass is 9.58. The zero-order chi connectivity index (χ0) is 27.4. The molecule has 1 aromatic carbocycles. The van der Waals surface area contributed by atoms with Crippen molar-refractivity contribution < 1.29 is 13.6 Å². The first-order valence-corrected chi connectivity index (χ1v) is 14.0. The number of carbonyl (C=O) groups excluding carboxylic acids is 1. The van der Waals surface area contributed by atoms with Gasteiger partial charge in [0.15, 0.2) is 0 Å². The van der Waals surface area contributed by atoms with Gasteiger partial charge in [0.05, 0.1) is 5.41 Å². The van der Waals surface area contributed by atoms with Gasteiger partial charge in [-0.15, -0.1) is 10.2 Å². The predicted octanol–water partition coefficient (Wildman–Crippen LogP) is 5.45. The van der Waals surface area contributed by atoms with Gasteiger partial charge in [-0.1, -0.05) is 26.0 Å². The number of alkyl halides is 2. The number of pyridine rings is 1. The second-order valence-corrected chi connectivity index (χ2v) is 12.1. The molecule has 0 bridgehead atoms. The van der Waals surface area contributed by atoms with E-state index in [0.29, 0.717) is 36.1 Å². The van der Waals surface area contributed by atoms with Gasteiger partial charge in [-0.05, 0) is 85.4 Å². The van der Waals surface area contributed by atoms with Crippen LogP contribution in [0.25, 0.3) is 0 Å². The summed E-state index contributed by atoms with van der Waals surface area (Å²) in [6.07, 6.45) is 5.92. The van der Waals surface area contributed by atoms with E-state index >= 15 is 0 Å². The van der Waals surface area contributed by atoms with E-state index < -0.39 is 11.8 Å². The summed E-state index contributed by atoms with van der Waals surface area (Å²) in [4.78, 5) is 20.0. The van der Waals surface area contributed by atoms with Crippen LogP contribution in [0, 0.1) is 11.8 Å². The molecular formula is C30H36F2N6O. The van der Waals surface area contributed by atoms with Gasteiger partial charge >= 0.3 is 0 Å². The van der Waals surface area contributed by atoms with Crippen molar-refractivity contribution in [2.45, 2.75) is 70.3 Å². The highest BCUT2D eigenvalue weighted by Gasteiger charge is 2.48. The lowest BCUT2D eigenvalue weighted by molar-refractivity contribution is -0.00603. The van der Waals surface area contributed by atoms with Crippen molar-refractivity contribution in [3.8, 4) is 0 Å². The second-order valence-electron chi connectivity index (χ2n) is 12.1. The Hall–Kier alpha value is -3.20. The summed E-state index contributed by atoms with van der Waals surface area (Å²) >= 11 is 0. The molecule has 0 spiro atoms. The molecule has 39 heavy (non-hydrogen) atoms. The molecule has 2 aliphatic carbocycles. The van der Waals surface area contributed by atoms with Gasteiger partial charge in [0, 0.05) is 32.2 Å². The molecule has 7 nitrogen and oxygen atoms in total. The minimum Gasteiger partial charge on any atom is -0.321 e. The molecule has 0 unspecified atom stereocenters. The highest BCUT2D eigenvalue weighted by Crippen LogP contribution is 2.51. The summed E-state index contributed by atoms with van der Waals surface area (Å²) in [5, 5.41) is 11.4. The van der Waals surface area contributed by atoms with E-state index in [9.17, 15) is 13.6 Å². The number of likely N-dealkylation sites (tertiary alicyclic amines) is 1. The predicted molar refractivity (Wildman–Crippen MR) is 145 cm³/mol. The Labute approximate surface area is 228 Å². The van der Waals surface area contributed by atoms with Crippen molar-refractivity contribution in [2.75, 3.05) is 18.4 Å². The normalized spacial score (nSPS) is 26.2. The van der Waals surface area contributed by atoms with Crippen LogP contribution in [-0.4, -0.2) is 43.6 Å². The van der Waals surface area contributed by atoms with Crippen LogP contribution >= 0.6 is 0 Å². The monoisotopic (exact) mass is 534 g/mol. The highest BCUT2D eigenvalue weighted by molar-refractivity contribution is 6.03. The van der Waals surface area contributed by atoms with Gasteiger partial charge in [-0.25, -0.2) is 4.98 Å². The first-order chi connectivity index (χ1) is 18.6. The third kappa shape index (κ3) is 4.75. The molecule has 3 aromatic rings. The average Bonchev–Trinajstić information content (AvgIpc) is 3.44. The van der Waals surface area contributed by atoms with Gasteiger partial charge in [0.1, 0.15) is 23.5 Å². The molecule has 2 aromatic heterocycles. The molecule has 6 rings (SSSR count). The molecule has 0 radical (unpaired) electrons. The number of rotatable bonds is 6. The topological polar surface area (TPSA) is 75.9 Å². The number of fused-ring (bicyclic) bond motifs is 1. The van der Waals surface area contributed by atoms with Crippen molar-refractivity contribution in [3.05, 3.63) is 70.6 Å². The SMILES string of the molecule is CC1CC(c2cccc(NC(=O)c3cc(CN4CCC[C@H](C)C4)c4c(n3)C(F)(F)CC4)c2)(c2nncn2C)C1. The van der Waals surface area contributed by atoms with E-state index in [1.807, 2.05) is 29.8 Å². The number of anilines is 1. The lowest BCUT2D eigenvalue weighted by Gasteiger charge is -2.46. The Kier molecular flexibility index (Phi) is 6.52. The largest absolute Gasteiger partial charge is 0.321 e. The quantitative estimate of drug-likeness (QED) is 0.455. The molecule has 1 aliphatic heterocycles. The van der Waals surface area contributed by atoms with Crippen LogP contribution in [0.1, 0.15) is 84.6 Å². The molecule has 1 atom stereocenters. The van der Waals surface area contributed by atoms with Crippen LogP contribution in [0.4, 0.5) is 14.5 Å². The van der Waals surface area contributed by atoms with Crippen molar-refractivity contribution in [2.24, 2.45) is 18.9 Å². The molecule has 3 heterocycles. The highest BCUT2D eigenvalue weighted by atomic mass is 19.3. The van der Waals surface area contributed by atoms with E-state index in [1.165, 1.54) is 6.42 Å². The number of amides is 1. The van der Waals surface area contributed by atoms with Gasteiger partial charge < -0.3 is 9.88 Å². The summed E-state index contributed by atoms with van der Waals surface area (Å²) in [5.41, 5.74) is 2.63. The van der Waals surface area contributed by atoms with Gasteiger partial charge in [-0.2, -0.15) is 8.78 Å². The third-order valence-corrected chi connectivity index (χ3v) is 8.83. The molecule has 1 saturated carbocycles. The van der Waals surface area contributed by atoms with Gasteiger partial charge in [-0.3, -0.25) is 9.69 Å². The Balaban J connectivity index is 1.29. The first-order valence-electron chi connectivity index (χ1n) is 14.0. The minimum atomic E-state index is -3.01. The van der Waals surface area contributed by atoms with Gasteiger partial charge in [0.25, 0.3) is 11.8 Å². The van der Waals surface area contributed by atoms with E-state index in [4.69, 9.17) is 0 Å². The number of piperidine rings is 1. The van der Waals surface area contributed by atoms with E-state index in [-0.39, 0.29) is 23.2 Å². The Morgan fingerprint density at radius 1 is 1.18 bits per heavy atom. The number of benzene rings is 1. The number of hydrogen-bond acceptors (Lipinski definition) is 5. The zero-order valence-electron chi connectivity index (χ0n) is 22.9. The van der Waals surface area contributed by atoms with Crippen molar-refractivity contribution >= 4 is 11.6 Å². The molecule has 3 aliphatic rings. The van der Waals surface area contributed by atoms with Crippen molar-refractivity contribution in [3.63, 3.8) is 0 Å². The van der Waals surface area contributed by atoms with E-state index in [1.54, 1.807) is 12.4 Å². The fraction of sp³-hybridized carbons (Fsp3) is 0.533. The van der Waals surface area contributed by atoms with Gasteiger partial charge in [0.2, 0.25) is 0 Å². The third-order valence-electron chi connectivity index (χ3n) is 8.83. The summed E-state index contributed by atoms with van der Waals surface area (Å²) < 4.78 is 31.6. The smallest absolute Gasteiger partial charge is 0.290 e. The molecule has 1 saturated heterocycles. The van der Waals surface area contributed by atoms with Crippen LogP contribution in [-0.2, 0) is 31.4 Å². The molecule has 1 N–H and O–H groups in total. The molecule has 1 amide bonds. The van der Waals surface area contributed by atoms with Crippen LogP contribution in [0.5, 0.6) is 0 Å². The number of nitrogens with one attached hydrogen (secondary N) is 1. The standard InChI is InChI=1S/C30H36F2N6O/c1-19-6-5-11-38(16-19)17-21-12-25(35-26-24(21)9-10-30(26,31)32)27(39)34-23-8-4-7-22(13-23)29(14-20(2)15-29)28-36-33-18-37(28)3/h4,7-8,12-13,18-20H,5-6,9-11,14-17H2,1-3H3,(H,34,39)/t19-,20?,29?/m0/s1. The molecular weight excluding hydrogens is 498 g/mol. The first kappa shape index (κ1) is 26.0. The van der Waals surface area contributed by atoms with Crippen LogP contribution in [0.2, 0.25) is 0 Å². The number of hydrogen-bond donors (Lipinski definition) is 1. The molecule has 9 heteroatoms. The van der Waals surface area contributed by atoms with Crippen molar-refractivity contribution in [1.82, 2.24) is 24.6 Å². The number of halogens is 2.